The summed E-state index contributed by atoms with van der Waals surface area (Å²) < 4.78 is 7.58. The average molecular weight is 386 g/mol. The lowest BCUT2D eigenvalue weighted by molar-refractivity contribution is 0.0680. The minimum Gasteiger partial charge on any atom is -0.491 e. The molecule has 0 bridgehead atoms. The Hall–Kier alpha value is -2.41. The average Bonchev–Trinajstić information content (AvgIpc) is 3.10. The van der Waals surface area contributed by atoms with Crippen LogP contribution in [0.4, 0.5) is 0 Å². The van der Waals surface area contributed by atoms with E-state index < -0.39 is 5.54 Å². The molecule has 1 amide bonds. The number of hydrogen-bond acceptors (Lipinski definition) is 5. The van der Waals surface area contributed by atoms with Gasteiger partial charge in [0.05, 0.1) is 17.8 Å². The van der Waals surface area contributed by atoms with Gasteiger partial charge in [0, 0.05) is 25.2 Å². The topological polar surface area (TPSA) is 86.3 Å². The minimum absolute atomic E-state index is 0.0700. The summed E-state index contributed by atoms with van der Waals surface area (Å²) in [6, 6.07) is 7.45. The van der Waals surface area contributed by atoms with Crippen molar-refractivity contribution >= 4 is 5.91 Å². The quantitative estimate of drug-likeness (QED) is 0.826. The first-order valence-electron chi connectivity index (χ1n) is 9.98. The van der Waals surface area contributed by atoms with Crippen molar-refractivity contribution in [1.82, 2.24) is 19.9 Å². The van der Waals surface area contributed by atoms with E-state index in [4.69, 9.17) is 10.5 Å². The van der Waals surface area contributed by atoms with Gasteiger partial charge in [0.1, 0.15) is 11.4 Å². The van der Waals surface area contributed by atoms with Gasteiger partial charge in [-0.2, -0.15) is 0 Å². The third-order valence-electron chi connectivity index (χ3n) is 5.00. The van der Waals surface area contributed by atoms with Crippen molar-refractivity contribution in [2.24, 2.45) is 11.7 Å². The lowest BCUT2D eigenvalue weighted by atomic mass is 9.96. The van der Waals surface area contributed by atoms with Gasteiger partial charge in [-0.25, -0.2) is 0 Å². The van der Waals surface area contributed by atoms with Gasteiger partial charge in [-0.05, 0) is 64.7 Å². The normalized spacial score (nSPS) is 15.9. The number of benzene rings is 1. The Bertz CT molecular complexity index is 801. The molecule has 0 aliphatic carbocycles. The lowest BCUT2D eigenvalue weighted by Gasteiger charge is -2.32. The number of aromatic nitrogens is 3. The molecule has 1 saturated heterocycles. The Labute approximate surface area is 166 Å². The van der Waals surface area contributed by atoms with Crippen molar-refractivity contribution in [2.75, 3.05) is 13.1 Å². The molecule has 1 aliphatic rings. The van der Waals surface area contributed by atoms with Gasteiger partial charge in [-0.1, -0.05) is 11.3 Å². The highest BCUT2D eigenvalue weighted by molar-refractivity contribution is 5.94. The third-order valence-corrected chi connectivity index (χ3v) is 5.00. The summed E-state index contributed by atoms with van der Waals surface area (Å²) >= 11 is 0. The number of rotatable bonds is 6. The molecule has 3 rings (SSSR count). The zero-order chi connectivity index (χ0) is 20.3. The first-order valence-corrected chi connectivity index (χ1v) is 9.98. The second-order valence-corrected chi connectivity index (χ2v) is 8.48. The van der Waals surface area contributed by atoms with E-state index in [0.717, 1.165) is 43.9 Å². The molecule has 28 heavy (non-hydrogen) atoms. The summed E-state index contributed by atoms with van der Waals surface area (Å²) in [4.78, 5) is 14.8. The third kappa shape index (κ3) is 5.10. The maximum absolute atomic E-state index is 12.8. The smallest absolute Gasteiger partial charge is 0.253 e. The van der Waals surface area contributed by atoms with Crippen molar-refractivity contribution in [3.63, 3.8) is 0 Å². The largest absolute Gasteiger partial charge is 0.491 e. The summed E-state index contributed by atoms with van der Waals surface area (Å²) in [6.45, 7) is 10.1. The van der Waals surface area contributed by atoms with Gasteiger partial charge >= 0.3 is 0 Å². The highest BCUT2D eigenvalue weighted by atomic mass is 16.5. The molecule has 0 unspecified atom stereocenters. The van der Waals surface area contributed by atoms with Crippen LogP contribution in [0.25, 0.3) is 0 Å². The predicted octanol–water partition coefficient (Wildman–Crippen LogP) is 2.81. The highest BCUT2D eigenvalue weighted by Crippen LogP contribution is 2.23. The fourth-order valence-corrected chi connectivity index (χ4v) is 3.42. The summed E-state index contributed by atoms with van der Waals surface area (Å²) in [5, 5.41) is 8.38. The van der Waals surface area contributed by atoms with Crippen LogP contribution in [0, 0.1) is 5.92 Å². The van der Waals surface area contributed by atoms with E-state index in [9.17, 15) is 4.79 Å². The fourth-order valence-electron chi connectivity index (χ4n) is 3.42. The first kappa shape index (κ1) is 20.3. The van der Waals surface area contributed by atoms with Gasteiger partial charge in [0.25, 0.3) is 5.91 Å². The van der Waals surface area contributed by atoms with Crippen molar-refractivity contribution in [2.45, 2.75) is 58.7 Å². The van der Waals surface area contributed by atoms with E-state index in [1.165, 1.54) is 0 Å². The summed E-state index contributed by atoms with van der Waals surface area (Å²) in [6.07, 6.45) is 3.92. The van der Waals surface area contributed by atoms with Crippen molar-refractivity contribution in [3.8, 4) is 5.75 Å². The monoisotopic (exact) mass is 385 g/mol. The van der Waals surface area contributed by atoms with E-state index in [2.05, 4.69) is 10.3 Å². The molecule has 0 atom stereocenters. The molecule has 2 N–H and O–H groups in total. The molecule has 152 valence electrons. The van der Waals surface area contributed by atoms with Crippen LogP contribution in [-0.4, -0.2) is 45.0 Å². The number of carbonyl (C=O) groups is 1. The van der Waals surface area contributed by atoms with E-state index >= 15 is 0 Å². The number of likely N-dealkylation sites (tertiary alicyclic amines) is 1. The SMILES string of the molecule is CC(C)Oc1cccc(C(=O)N2CCC(Cn3cc(C(C)(C)N)nn3)CC2)c1. The molecule has 0 spiro atoms. The summed E-state index contributed by atoms with van der Waals surface area (Å²) in [5.74, 6) is 1.29. The molecular weight excluding hydrogens is 354 g/mol. The maximum Gasteiger partial charge on any atom is 0.253 e. The van der Waals surface area contributed by atoms with E-state index in [1.807, 2.05) is 67.7 Å². The van der Waals surface area contributed by atoms with Crippen molar-refractivity contribution < 1.29 is 9.53 Å². The number of ether oxygens (including phenoxy) is 1. The highest BCUT2D eigenvalue weighted by Gasteiger charge is 2.25. The Kier molecular flexibility index (Phi) is 6.03. The first-order chi connectivity index (χ1) is 13.2. The second-order valence-electron chi connectivity index (χ2n) is 8.48. The molecule has 1 aliphatic heterocycles. The van der Waals surface area contributed by atoms with Crippen molar-refractivity contribution in [1.29, 1.82) is 0 Å². The number of piperidine rings is 1. The standard InChI is InChI=1S/C21H31N5O2/c1-15(2)28-18-7-5-6-17(12-18)20(27)25-10-8-16(9-11-25)13-26-14-19(23-24-26)21(3,4)22/h5-7,12,14-16H,8-11,13,22H2,1-4H3. The van der Waals surface area contributed by atoms with Crippen LogP contribution < -0.4 is 10.5 Å². The molecule has 2 aromatic rings. The van der Waals surface area contributed by atoms with E-state index in [-0.39, 0.29) is 12.0 Å². The lowest BCUT2D eigenvalue weighted by Crippen LogP contribution is -2.39. The molecule has 2 heterocycles. The molecule has 7 nitrogen and oxygen atoms in total. The molecule has 1 aromatic carbocycles. The van der Waals surface area contributed by atoms with Gasteiger partial charge in [0.2, 0.25) is 0 Å². The Morgan fingerprint density at radius 3 is 2.64 bits per heavy atom. The van der Waals surface area contributed by atoms with Gasteiger partial charge < -0.3 is 15.4 Å². The zero-order valence-corrected chi connectivity index (χ0v) is 17.3. The van der Waals surface area contributed by atoms with E-state index in [0.29, 0.717) is 11.5 Å². The van der Waals surface area contributed by atoms with Gasteiger partial charge in [0.15, 0.2) is 0 Å². The number of amides is 1. The van der Waals surface area contributed by atoms with Crippen LogP contribution in [0.1, 0.15) is 56.6 Å². The Morgan fingerprint density at radius 1 is 1.32 bits per heavy atom. The molecule has 1 aromatic heterocycles. The van der Waals surface area contributed by atoms with Gasteiger partial charge in [-0.3, -0.25) is 9.48 Å². The van der Waals surface area contributed by atoms with Crippen LogP contribution in [-0.2, 0) is 12.1 Å². The zero-order valence-electron chi connectivity index (χ0n) is 17.3. The Balaban J connectivity index is 1.55. The van der Waals surface area contributed by atoms with Gasteiger partial charge in [-0.15, -0.1) is 5.10 Å². The summed E-state index contributed by atoms with van der Waals surface area (Å²) in [7, 11) is 0. The number of nitrogens with zero attached hydrogens (tertiary/aromatic N) is 4. The van der Waals surface area contributed by atoms with Crippen LogP contribution in [0.15, 0.2) is 30.5 Å². The Morgan fingerprint density at radius 2 is 2.04 bits per heavy atom. The number of hydrogen-bond donors (Lipinski definition) is 1. The van der Waals surface area contributed by atoms with Crippen LogP contribution in [0.2, 0.25) is 0 Å². The van der Waals surface area contributed by atoms with Crippen LogP contribution >= 0.6 is 0 Å². The number of carbonyl (C=O) groups excluding carboxylic acids is 1. The van der Waals surface area contributed by atoms with E-state index in [1.54, 1.807) is 0 Å². The maximum atomic E-state index is 12.8. The molecular formula is C21H31N5O2. The van der Waals surface area contributed by atoms with Crippen LogP contribution in [0.5, 0.6) is 5.75 Å². The molecule has 0 radical (unpaired) electrons. The number of nitrogens with two attached hydrogens (primary N) is 1. The molecule has 1 fully saturated rings. The molecule has 7 heteroatoms. The summed E-state index contributed by atoms with van der Waals surface area (Å²) in [5.41, 5.74) is 7.07. The van der Waals surface area contributed by atoms with Crippen LogP contribution in [0.3, 0.4) is 0 Å². The minimum atomic E-state index is -0.484. The predicted molar refractivity (Wildman–Crippen MR) is 108 cm³/mol. The molecule has 0 saturated carbocycles. The second kappa shape index (κ2) is 8.31. The van der Waals surface area contributed by atoms with Crippen molar-refractivity contribution in [3.05, 3.63) is 41.7 Å². The fraction of sp³-hybridized carbons (Fsp3) is 0.571.